The van der Waals surface area contributed by atoms with Gasteiger partial charge in [0.1, 0.15) is 0 Å². The number of anilines is 1. The first-order valence-electron chi connectivity index (χ1n) is 6.01. The van der Waals surface area contributed by atoms with Crippen LogP contribution in [0.15, 0.2) is 48.5 Å². The van der Waals surface area contributed by atoms with Gasteiger partial charge in [0.25, 0.3) is 0 Å². The highest BCUT2D eigenvalue weighted by Crippen LogP contribution is 2.31. The maximum Gasteiger partial charge on any atom is 0.0639 e. The van der Waals surface area contributed by atoms with E-state index < -0.39 is 0 Å². The zero-order valence-corrected chi connectivity index (χ0v) is 9.69. The Balaban J connectivity index is 2.13. The standard InChI is InChI=1S/C15H16N2/c16-10-15-13-7-3-1-5-11(13)9-12-6-2-4-8-14(12)17-15/h1-8,15,17H,9-10,16H2/t15-/m1/s1. The van der Waals surface area contributed by atoms with Crippen LogP contribution < -0.4 is 11.1 Å². The van der Waals surface area contributed by atoms with E-state index in [4.69, 9.17) is 5.73 Å². The largest absolute Gasteiger partial charge is 0.377 e. The van der Waals surface area contributed by atoms with E-state index in [0.717, 1.165) is 6.42 Å². The molecule has 0 aromatic heterocycles. The van der Waals surface area contributed by atoms with Crippen LogP contribution in [0.3, 0.4) is 0 Å². The molecular weight excluding hydrogens is 208 g/mol. The Morgan fingerprint density at radius 2 is 1.71 bits per heavy atom. The number of hydrogen-bond acceptors (Lipinski definition) is 2. The molecule has 2 nitrogen and oxygen atoms in total. The molecule has 1 heterocycles. The van der Waals surface area contributed by atoms with Crippen LogP contribution in [0, 0.1) is 0 Å². The molecule has 1 aliphatic rings. The van der Waals surface area contributed by atoms with Crippen molar-refractivity contribution in [2.75, 3.05) is 11.9 Å². The molecule has 0 spiro atoms. The van der Waals surface area contributed by atoms with Gasteiger partial charge >= 0.3 is 0 Å². The highest BCUT2D eigenvalue weighted by atomic mass is 14.9. The molecule has 0 unspecified atom stereocenters. The monoisotopic (exact) mass is 224 g/mol. The number of nitrogens with one attached hydrogen (secondary N) is 1. The maximum absolute atomic E-state index is 5.88. The molecule has 2 aromatic carbocycles. The highest BCUT2D eigenvalue weighted by molar-refractivity contribution is 5.57. The van der Waals surface area contributed by atoms with E-state index in [9.17, 15) is 0 Å². The molecule has 0 bridgehead atoms. The second-order valence-corrected chi connectivity index (χ2v) is 4.47. The van der Waals surface area contributed by atoms with E-state index in [2.05, 4.69) is 53.8 Å². The van der Waals surface area contributed by atoms with Gasteiger partial charge < -0.3 is 11.1 Å². The molecule has 0 fully saturated rings. The van der Waals surface area contributed by atoms with Crippen molar-refractivity contribution in [3.8, 4) is 0 Å². The van der Waals surface area contributed by atoms with Crippen LogP contribution in [-0.4, -0.2) is 6.54 Å². The molecular formula is C15H16N2. The van der Waals surface area contributed by atoms with Gasteiger partial charge in [0, 0.05) is 12.2 Å². The molecule has 2 heteroatoms. The SMILES string of the molecule is NC[C@H]1Nc2ccccc2Cc2ccccc21. The Hall–Kier alpha value is -1.80. The lowest BCUT2D eigenvalue weighted by Crippen LogP contribution is -2.20. The van der Waals surface area contributed by atoms with Crippen molar-refractivity contribution in [1.29, 1.82) is 0 Å². The van der Waals surface area contributed by atoms with Gasteiger partial charge in [-0.25, -0.2) is 0 Å². The molecule has 0 radical (unpaired) electrons. The van der Waals surface area contributed by atoms with Crippen molar-refractivity contribution in [2.24, 2.45) is 5.73 Å². The van der Waals surface area contributed by atoms with Gasteiger partial charge in [0.2, 0.25) is 0 Å². The van der Waals surface area contributed by atoms with Crippen molar-refractivity contribution in [2.45, 2.75) is 12.5 Å². The third-order valence-corrected chi connectivity index (χ3v) is 3.39. The molecule has 0 amide bonds. The van der Waals surface area contributed by atoms with Gasteiger partial charge in [0.05, 0.1) is 6.04 Å². The quantitative estimate of drug-likeness (QED) is 0.781. The molecule has 3 rings (SSSR count). The van der Waals surface area contributed by atoms with Crippen molar-refractivity contribution in [3.05, 3.63) is 65.2 Å². The number of hydrogen-bond donors (Lipinski definition) is 2. The van der Waals surface area contributed by atoms with Crippen LogP contribution in [0.25, 0.3) is 0 Å². The van der Waals surface area contributed by atoms with E-state index in [-0.39, 0.29) is 6.04 Å². The number of para-hydroxylation sites is 1. The molecule has 17 heavy (non-hydrogen) atoms. The maximum atomic E-state index is 5.88. The van der Waals surface area contributed by atoms with Gasteiger partial charge in [-0.15, -0.1) is 0 Å². The van der Waals surface area contributed by atoms with Crippen LogP contribution in [-0.2, 0) is 6.42 Å². The second kappa shape index (κ2) is 4.22. The van der Waals surface area contributed by atoms with Crippen molar-refractivity contribution < 1.29 is 0 Å². The number of rotatable bonds is 1. The highest BCUT2D eigenvalue weighted by Gasteiger charge is 2.19. The van der Waals surface area contributed by atoms with Gasteiger partial charge in [-0.3, -0.25) is 0 Å². The number of nitrogens with two attached hydrogens (primary N) is 1. The zero-order valence-electron chi connectivity index (χ0n) is 9.69. The number of benzene rings is 2. The van der Waals surface area contributed by atoms with Crippen LogP contribution in [0.5, 0.6) is 0 Å². The van der Waals surface area contributed by atoms with E-state index in [0.29, 0.717) is 6.54 Å². The van der Waals surface area contributed by atoms with Crippen molar-refractivity contribution in [3.63, 3.8) is 0 Å². The Morgan fingerprint density at radius 1 is 1.00 bits per heavy atom. The average Bonchev–Trinajstić information content (AvgIpc) is 2.54. The van der Waals surface area contributed by atoms with E-state index in [1.54, 1.807) is 0 Å². The zero-order chi connectivity index (χ0) is 11.7. The molecule has 1 atom stereocenters. The predicted molar refractivity (Wildman–Crippen MR) is 71.1 cm³/mol. The normalized spacial score (nSPS) is 17.6. The summed E-state index contributed by atoms with van der Waals surface area (Å²) >= 11 is 0. The Kier molecular flexibility index (Phi) is 2.57. The summed E-state index contributed by atoms with van der Waals surface area (Å²) in [7, 11) is 0. The summed E-state index contributed by atoms with van der Waals surface area (Å²) in [5.74, 6) is 0. The van der Waals surface area contributed by atoms with Gasteiger partial charge in [-0.2, -0.15) is 0 Å². The molecule has 2 aromatic rings. The molecule has 1 aliphatic heterocycles. The van der Waals surface area contributed by atoms with Crippen LogP contribution >= 0.6 is 0 Å². The van der Waals surface area contributed by atoms with E-state index in [1.807, 2.05) is 0 Å². The summed E-state index contributed by atoms with van der Waals surface area (Å²) in [6.45, 7) is 0.616. The molecule has 0 saturated carbocycles. The smallest absolute Gasteiger partial charge is 0.0639 e. The van der Waals surface area contributed by atoms with Crippen LogP contribution in [0.4, 0.5) is 5.69 Å². The first-order chi connectivity index (χ1) is 8.38. The van der Waals surface area contributed by atoms with Crippen molar-refractivity contribution >= 4 is 5.69 Å². The molecule has 0 aliphatic carbocycles. The summed E-state index contributed by atoms with van der Waals surface area (Å²) in [5, 5.41) is 3.54. The third-order valence-electron chi connectivity index (χ3n) is 3.39. The molecule has 3 N–H and O–H groups in total. The molecule has 86 valence electrons. The lowest BCUT2D eigenvalue weighted by Gasteiger charge is -2.18. The summed E-state index contributed by atoms with van der Waals surface area (Å²) in [5.41, 5.74) is 11.1. The summed E-state index contributed by atoms with van der Waals surface area (Å²) in [6, 6.07) is 17.2. The minimum atomic E-state index is 0.217. The fourth-order valence-electron chi connectivity index (χ4n) is 2.51. The lowest BCUT2D eigenvalue weighted by molar-refractivity contribution is 0.788. The Bertz CT molecular complexity index is 534. The fraction of sp³-hybridized carbons (Fsp3) is 0.200. The predicted octanol–water partition coefficient (Wildman–Crippen LogP) is 2.70. The van der Waals surface area contributed by atoms with E-state index in [1.165, 1.54) is 22.4 Å². The summed E-state index contributed by atoms with van der Waals surface area (Å²) in [6.07, 6.45) is 0.982. The van der Waals surface area contributed by atoms with Gasteiger partial charge in [0.15, 0.2) is 0 Å². The minimum absolute atomic E-state index is 0.217. The average molecular weight is 224 g/mol. The van der Waals surface area contributed by atoms with Crippen LogP contribution in [0.1, 0.15) is 22.7 Å². The summed E-state index contributed by atoms with van der Waals surface area (Å²) < 4.78 is 0. The first kappa shape index (κ1) is 10.4. The third kappa shape index (κ3) is 1.81. The van der Waals surface area contributed by atoms with E-state index >= 15 is 0 Å². The Morgan fingerprint density at radius 3 is 2.53 bits per heavy atom. The van der Waals surface area contributed by atoms with Gasteiger partial charge in [-0.1, -0.05) is 42.5 Å². The topological polar surface area (TPSA) is 38.0 Å². The number of fused-ring (bicyclic) bond motifs is 2. The lowest BCUT2D eigenvalue weighted by atomic mass is 9.97. The first-order valence-corrected chi connectivity index (χ1v) is 6.01. The van der Waals surface area contributed by atoms with Crippen molar-refractivity contribution in [1.82, 2.24) is 0 Å². The van der Waals surface area contributed by atoms with Crippen LogP contribution in [0.2, 0.25) is 0 Å². The minimum Gasteiger partial charge on any atom is -0.377 e. The van der Waals surface area contributed by atoms with Gasteiger partial charge in [-0.05, 0) is 29.2 Å². The Labute approximate surface area is 101 Å². The fourth-order valence-corrected chi connectivity index (χ4v) is 2.51. The summed E-state index contributed by atoms with van der Waals surface area (Å²) in [4.78, 5) is 0. The second-order valence-electron chi connectivity index (χ2n) is 4.47. The molecule has 0 saturated heterocycles.